The number of anilines is 1. The highest BCUT2D eigenvalue weighted by Gasteiger charge is 2.29. The summed E-state index contributed by atoms with van der Waals surface area (Å²) >= 11 is 1.42. The number of benzene rings is 1. The van der Waals surface area contributed by atoms with Crippen molar-refractivity contribution in [2.45, 2.75) is 32.6 Å². The van der Waals surface area contributed by atoms with Gasteiger partial charge in [-0.2, -0.15) is 10.2 Å². The first kappa shape index (κ1) is 25.3. The standard InChI is InChI=1S/C25H26N8O4S/c1-13-21-17(11-27-33(21)14(2)31-30-13)25(36)32-8-6-15(7-9-32)24-29-19(12-38-24)23(35)28-18-10-16(22(26)34)4-5-20(18)37-3/h4-5,10-12,15H,6-9H2,1-3H3,(H2,26,34)(H,28,35). The molecular weight excluding hydrogens is 508 g/mol. The summed E-state index contributed by atoms with van der Waals surface area (Å²) in [4.78, 5) is 44.1. The number of fused-ring (bicyclic) bond motifs is 1. The minimum atomic E-state index is -0.607. The molecule has 196 valence electrons. The summed E-state index contributed by atoms with van der Waals surface area (Å²) in [6.45, 7) is 4.74. The summed E-state index contributed by atoms with van der Waals surface area (Å²) in [6, 6.07) is 4.57. The third-order valence-electron chi connectivity index (χ3n) is 6.61. The molecule has 0 radical (unpaired) electrons. The first-order valence-corrected chi connectivity index (χ1v) is 12.9. The van der Waals surface area contributed by atoms with E-state index in [1.165, 1.54) is 30.6 Å². The molecule has 1 aliphatic rings. The number of methoxy groups -OCH3 is 1. The van der Waals surface area contributed by atoms with Gasteiger partial charge in [0.25, 0.3) is 11.8 Å². The number of primary amides is 1. The topological polar surface area (TPSA) is 158 Å². The fraction of sp³-hybridized carbons (Fsp3) is 0.320. The van der Waals surface area contributed by atoms with E-state index in [0.717, 1.165) is 17.8 Å². The molecule has 0 aliphatic carbocycles. The van der Waals surface area contributed by atoms with Gasteiger partial charge in [0.05, 0.1) is 35.3 Å². The Bertz CT molecular complexity index is 1550. The summed E-state index contributed by atoms with van der Waals surface area (Å²) in [6.07, 6.45) is 3.03. The SMILES string of the molecule is COc1ccc(C(N)=O)cc1NC(=O)c1csc(C2CCN(C(=O)c3cnn4c(C)nnc(C)c34)CC2)n1. The van der Waals surface area contributed by atoms with Crippen LogP contribution in [0.15, 0.2) is 29.8 Å². The third kappa shape index (κ3) is 4.67. The van der Waals surface area contributed by atoms with Crippen molar-refractivity contribution < 1.29 is 19.1 Å². The highest BCUT2D eigenvalue weighted by atomic mass is 32.1. The quantitative estimate of drug-likeness (QED) is 0.382. The van der Waals surface area contributed by atoms with Crippen molar-refractivity contribution in [3.63, 3.8) is 0 Å². The number of hydrogen-bond donors (Lipinski definition) is 2. The van der Waals surface area contributed by atoms with Crippen molar-refractivity contribution in [3.05, 3.63) is 63.1 Å². The Kier molecular flexibility index (Phi) is 6.76. The molecule has 0 atom stereocenters. The zero-order valence-electron chi connectivity index (χ0n) is 21.1. The number of nitrogens with one attached hydrogen (secondary N) is 1. The van der Waals surface area contributed by atoms with E-state index in [1.54, 1.807) is 29.1 Å². The molecule has 38 heavy (non-hydrogen) atoms. The van der Waals surface area contributed by atoms with Gasteiger partial charge in [-0.05, 0) is 44.9 Å². The number of amides is 3. The molecule has 1 aliphatic heterocycles. The Hall–Kier alpha value is -4.39. The molecule has 3 aromatic heterocycles. The molecule has 1 saturated heterocycles. The van der Waals surface area contributed by atoms with Gasteiger partial charge in [-0.1, -0.05) is 0 Å². The molecule has 4 heterocycles. The molecular formula is C25H26N8O4S. The van der Waals surface area contributed by atoms with E-state index in [4.69, 9.17) is 10.5 Å². The van der Waals surface area contributed by atoms with Crippen LogP contribution in [0.4, 0.5) is 5.69 Å². The summed E-state index contributed by atoms with van der Waals surface area (Å²) in [5, 5.41) is 17.8. The van der Waals surface area contributed by atoms with E-state index in [0.29, 0.717) is 47.1 Å². The van der Waals surface area contributed by atoms with Crippen LogP contribution >= 0.6 is 11.3 Å². The number of carbonyl (C=O) groups excluding carboxylic acids is 3. The Balaban J connectivity index is 1.25. The second-order valence-electron chi connectivity index (χ2n) is 9.02. The number of aryl methyl sites for hydroxylation is 2. The first-order chi connectivity index (χ1) is 18.3. The molecule has 0 saturated carbocycles. The number of thiazole rings is 1. The molecule has 4 aromatic rings. The minimum absolute atomic E-state index is 0.0831. The Labute approximate surface area is 221 Å². The number of piperidine rings is 1. The van der Waals surface area contributed by atoms with Crippen molar-refractivity contribution in [2.24, 2.45) is 5.73 Å². The molecule has 3 N–H and O–H groups in total. The molecule has 0 bridgehead atoms. The lowest BCUT2D eigenvalue weighted by Gasteiger charge is -2.31. The van der Waals surface area contributed by atoms with E-state index in [1.807, 2.05) is 11.8 Å². The van der Waals surface area contributed by atoms with Gasteiger partial charge in [0.15, 0.2) is 0 Å². The lowest BCUT2D eigenvalue weighted by Crippen LogP contribution is -2.38. The second-order valence-corrected chi connectivity index (χ2v) is 9.91. The van der Waals surface area contributed by atoms with E-state index in [9.17, 15) is 14.4 Å². The molecule has 0 spiro atoms. The zero-order valence-corrected chi connectivity index (χ0v) is 21.9. The van der Waals surface area contributed by atoms with Crippen LogP contribution in [0.3, 0.4) is 0 Å². The van der Waals surface area contributed by atoms with Gasteiger partial charge in [0.1, 0.15) is 22.8 Å². The van der Waals surface area contributed by atoms with Crippen molar-refractivity contribution >= 4 is 40.3 Å². The lowest BCUT2D eigenvalue weighted by molar-refractivity contribution is 0.0714. The smallest absolute Gasteiger partial charge is 0.275 e. The minimum Gasteiger partial charge on any atom is -0.495 e. The second kappa shape index (κ2) is 10.2. The summed E-state index contributed by atoms with van der Waals surface area (Å²) in [5.74, 6) is 0.0501. The molecule has 1 fully saturated rings. The molecule has 5 rings (SSSR count). The molecule has 0 unspecified atom stereocenters. The fourth-order valence-corrected chi connectivity index (χ4v) is 5.53. The van der Waals surface area contributed by atoms with Gasteiger partial charge >= 0.3 is 0 Å². The number of carbonyl (C=O) groups is 3. The van der Waals surface area contributed by atoms with Crippen molar-refractivity contribution in [1.29, 1.82) is 0 Å². The lowest BCUT2D eigenvalue weighted by atomic mass is 9.97. The number of nitrogens with two attached hydrogens (primary N) is 1. The van der Waals surface area contributed by atoms with Crippen LogP contribution in [0.1, 0.15) is 66.5 Å². The summed E-state index contributed by atoms with van der Waals surface area (Å²) < 4.78 is 6.92. The van der Waals surface area contributed by atoms with Crippen molar-refractivity contribution in [2.75, 3.05) is 25.5 Å². The van der Waals surface area contributed by atoms with Crippen LogP contribution in [0.25, 0.3) is 5.52 Å². The van der Waals surface area contributed by atoms with Gasteiger partial charge in [-0.15, -0.1) is 16.4 Å². The molecule has 13 heteroatoms. The average Bonchev–Trinajstić information content (AvgIpc) is 3.59. The highest BCUT2D eigenvalue weighted by molar-refractivity contribution is 7.10. The van der Waals surface area contributed by atoms with Crippen LogP contribution < -0.4 is 15.8 Å². The summed E-state index contributed by atoms with van der Waals surface area (Å²) in [5.41, 5.74) is 8.06. The fourth-order valence-electron chi connectivity index (χ4n) is 4.56. The Morgan fingerprint density at radius 3 is 2.63 bits per heavy atom. The number of likely N-dealkylation sites (tertiary alicyclic amines) is 1. The van der Waals surface area contributed by atoms with E-state index >= 15 is 0 Å². The van der Waals surface area contributed by atoms with Crippen LogP contribution in [0.2, 0.25) is 0 Å². The molecule has 1 aromatic carbocycles. The van der Waals surface area contributed by atoms with Crippen LogP contribution in [0.5, 0.6) is 5.75 Å². The summed E-state index contributed by atoms with van der Waals surface area (Å²) in [7, 11) is 1.47. The first-order valence-electron chi connectivity index (χ1n) is 12.0. The number of hydrogen-bond acceptors (Lipinski definition) is 9. The maximum Gasteiger partial charge on any atom is 0.275 e. The maximum atomic E-state index is 13.3. The predicted octanol–water partition coefficient (Wildman–Crippen LogP) is 2.58. The normalized spacial score (nSPS) is 14.0. The van der Waals surface area contributed by atoms with Crippen LogP contribution in [0, 0.1) is 13.8 Å². The Morgan fingerprint density at radius 1 is 1.16 bits per heavy atom. The van der Waals surface area contributed by atoms with Gasteiger partial charge in [0, 0.05) is 30.0 Å². The number of nitrogens with zero attached hydrogens (tertiary/aromatic N) is 6. The Morgan fingerprint density at radius 2 is 1.92 bits per heavy atom. The van der Waals surface area contributed by atoms with Gasteiger partial charge in [0.2, 0.25) is 5.91 Å². The predicted molar refractivity (Wildman–Crippen MR) is 140 cm³/mol. The van der Waals surface area contributed by atoms with E-state index < -0.39 is 11.8 Å². The highest BCUT2D eigenvalue weighted by Crippen LogP contribution is 2.32. The van der Waals surface area contributed by atoms with E-state index in [-0.39, 0.29) is 23.1 Å². The van der Waals surface area contributed by atoms with Gasteiger partial charge in [-0.25, -0.2) is 9.50 Å². The number of aromatic nitrogens is 5. The number of rotatable bonds is 6. The van der Waals surface area contributed by atoms with E-state index in [2.05, 4.69) is 25.6 Å². The van der Waals surface area contributed by atoms with Crippen LogP contribution in [-0.4, -0.2) is 67.6 Å². The molecule has 12 nitrogen and oxygen atoms in total. The van der Waals surface area contributed by atoms with Crippen molar-refractivity contribution in [3.8, 4) is 5.75 Å². The third-order valence-corrected chi connectivity index (χ3v) is 7.62. The van der Waals surface area contributed by atoms with Crippen LogP contribution in [-0.2, 0) is 0 Å². The number of ether oxygens (including phenoxy) is 1. The maximum absolute atomic E-state index is 13.3. The zero-order chi connectivity index (χ0) is 27.0. The average molecular weight is 535 g/mol. The molecule has 3 amide bonds. The monoisotopic (exact) mass is 534 g/mol. The van der Waals surface area contributed by atoms with Crippen molar-refractivity contribution in [1.82, 2.24) is 29.7 Å². The van der Waals surface area contributed by atoms with Gasteiger partial charge < -0.3 is 20.7 Å². The largest absolute Gasteiger partial charge is 0.495 e. The van der Waals surface area contributed by atoms with Gasteiger partial charge in [-0.3, -0.25) is 14.4 Å².